The van der Waals surface area contributed by atoms with E-state index in [2.05, 4.69) is 0 Å². The maximum absolute atomic E-state index is 13.3. The SMILES string of the molecule is CC(C)(C)OC(=O)CN(C(=O)c1c(Cl)cccc1Cl)c1ccc2c(c1)OCO2. The summed E-state index contributed by atoms with van der Waals surface area (Å²) in [5.74, 6) is -0.0593. The van der Waals surface area contributed by atoms with Crippen molar-refractivity contribution >= 4 is 40.8 Å². The van der Waals surface area contributed by atoms with Gasteiger partial charge >= 0.3 is 5.97 Å². The van der Waals surface area contributed by atoms with Crippen molar-refractivity contribution in [2.45, 2.75) is 26.4 Å². The average molecular weight is 424 g/mol. The highest BCUT2D eigenvalue weighted by Crippen LogP contribution is 2.36. The van der Waals surface area contributed by atoms with Gasteiger partial charge in [0.1, 0.15) is 12.1 Å². The van der Waals surface area contributed by atoms with E-state index in [4.69, 9.17) is 37.4 Å². The number of ether oxygens (including phenoxy) is 3. The molecule has 1 aliphatic heterocycles. The molecule has 0 unspecified atom stereocenters. The van der Waals surface area contributed by atoms with Gasteiger partial charge in [0.25, 0.3) is 5.91 Å². The van der Waals surface area contributed by atoms with Gasteiger partial charge in [-0.1, -0.05) is 29.3 Å². The van der Waals surface area contributed by atoms with E-state index in [-0.39, 0.29) is 28.9 Å². The van der Waals surface area contributed by atoms with E-state index in [1.54, 1.807) is 57.2 Å². The lowest BCUT2D eigenvalue weighted by Gasteiger charge is -2.26. The number of carbonyl (C=O) groups is 2. The Kier molecular flexibility index (Phi) is 5.72. The first kappa shape index (κ1) is 20.3. The van der Waals surface area contributed by atoms with E-state index >= 15 is 0 Å². The molecule has 3 rings (SSSR count). The maximum Gasteiger partial charge on any atom is 0.326 e. The van der Waals surface area contributed by atoms with Crippen LogP contribution >= 0.6 is 23.2 Å². The molecule has 0 spiro atoms. The third kappa shape index (κ3) is 4.51. The zero-order chi connectivity index (χ0) is 20.5. The number of fused-ring (bicyclic) bond motifs is 1. The number of benzene rings is 2. The summed E-state index contributed by atoms with van der Waals surface area (Å²) in [5.41, 5.74) is -0.161. The Labute approximate surface area is 172 Å². The normalized spacial score (nSPS) is 12.6. The van der Waals surface area contributed by atoms with Crippen molar-refractivity contribution in [2.24, 2.45) is 0 Å². The molecular weight excluding hydrogens is 405 g/mol. The first-order chi connectivity index (χ1) is 13.2. The van der Waals surface area contributed by atoms with Crippen molar-refractivity contribution in [3.8, 4) is 11.5 Å². The van der Waals surface area contributed by atoms with Crippen molar-refractivity contribution in [1.29, 1.82) is 0 Å². The Morgan fingerprint density at radius 1 is 1.07 bits per heavy atom. The molecule has 0 N–H and O–H groups in total. The molecule has 0 saturated carbocycles. The molecule has 1 aliphatic rings. The molecular formula is C20H19Cl2NO5. The fourth-order valence-electron chi connectivity index (χ4n) is 2.67. The lowest BCUT2D eigenvalue weighted by Crippen LogP contribution is -2.39. The van der Waals surface area contributed by atoms with Crippen LogP contribution in [0.3, 0.4) is 0 Å². The number of esters is 1. The van der Waals surface area contributed by atoms with Crippen molar-refractivity contribution in [1.82, 2.24) is 0 Å². The van der Waals surface area contributed by atoms with E-state index in [1.165, 1.54) is 4.90 Å². The molecule has 0 bridgehead atoms. The smallest absolute Gasteiger partial charge is 0.326 e. The minimum atomic E-state index is -0.692. The number of anilines is 1. The molecule has 2 aromatic carbocycles. The van der Waals surface area contributed by atoms with Gasteiger partial charge in [-0.25, -0.2) is 0 Å². The van der Waals surface area contributed by atoms with Crippen molar-refractivity contribution in [3.05, 3.63) is 52.0 Å². The van der Waals surface area contributed by atoms with Gasteiger partial charge in [0, 0.05) is 11.8 Å². The largest absolute Gasteiger partial charge is 0.459 e. The monoisotopic (exact) mass is 423 g/mol. The van der Waals surface area contributed by atoms with Crippen LogP contribution in [0.15, 0.2) is 36.4 Å². The highest BCUT2D eigenvalue weighted by molar-refractivity contribution is 6.40. The average Bonchev–Trinajstić information content (AvgIpc) is 3.05. The molecule has 148 valence electrons. The number of carbonyl (C=O) groups excluding carboxylic acids is 2. The number of rotatable bonds is 4. The zero-order valence-corrected chi connectivity index (χ0v) is 17.1. The lowest BCUT2D eigenvalue weighted by molar-refractivity contribution is -0.152. The van der Waals surface area contributed by atoms with Gasteiger partial charge in [-0.3, -0.25) is 14.5 Å². The summed E-state index contributed by atoms with van der Waals surface area (Å²) in [5, 5.41) is 0.375. The van der Waals surface area contributed by atoms with E-state index < -0.39 is 17.5 Å². The molecule has 0 radical (unpaired) electrons. The van der Waals surface area contributed by atoms with E-state index in [1.807, 2.05) is 0 Å². The fourth-order valence-corrected chi connectivity index (χ4v) is 3.23. The number of amides is 1. The van der Waals surface area contributed by atoms with E-state index in [0.717, 1.165) is 0 Å². The van der Waals surface area contributed by atoms with Crippen molar-refractivity contribution in [3.63, 3.8) is 0 Å². The van der Waals surface area contributed by atoms with Crippen LogP contribution in [-0.2, 0) is 9.53 Å². The number of nitrogens with zero attached hydrogens (tertiary/aromatic N) is 1. The minimum Gasteiger partial charge on any atom is -0.459 e. The molecule has 8 heteroatoms. The molecule has 0 saturated heterocycles. The van der Waals surface area contributed by atoms with Gasteiger partial charge in [-0.15, -0.1) is 0 Å². The van der Waals surface area contributed by atoms with Crippen molar-refractivity contribution < 1.29 is 23.8 Å². The van der Waals surface area contributed by atoms with Crippen LogP contribution in [0.25, 0.3) is 0 Å². The molecule has 0 aromatic heterocycles. The quantitative estimate of drug-likeness (QED) is 0.666. The summed E-state index contributed by atoms with van der Waals surface area (Å²) in [6.45, 7) is 5.03. The Bertz CT molecular complexity index is 903. The minimum absolute atomic E-state index is 0.0924. The van der Waals surface area contributed by atoms with Gasteiger partial charge in [0.2, 0.25) is 6.79 Å². The van der Waals surface area contributed by atoms with Crippen molar-refractivity contribution in [2.75, 3.05) is 18.2 Å². The van der Waals surface area contributed by atoms with Gasteiger partial charge in [0.15, 0.2) is 11.5 Å². The standard InChI is InChI=1S/C20H19Cl2NO5/c1-20(2,3)28-17(24)10-23(12-7-8-15-16(9-12)27-11-26-15)19(25)18-13(21)5-4-6-14(18)22/h4-9H,10-11H2,1-3H3. The second kappa shape index (κ2) is 7.89. The Morgan fingerprint density at radius 3 is 2.36 bits per heavy atom. The van der Waals surface area contributed by atoms with Crippen LogP contribution in [0.2, 0.25) is 10.0 Å². The van der Waals surface area contributed by atoms with Crippen LogP contribution in [0.1, 0.15) is 31.1 Å². The first-order valence-electron chi connectivity index (χ1n) is 8.53. The highest BCUT2D eigenvalue weighted by Gasteiger charge is 2.28. The maximum atomic E-state index is 13.3. The van der Waals surface area contributed by atoms with Crippen LogP contribution in [0.5, 0.6) is 11.5 Å². The van der Waals surface area contributed by atoms with Gasteiger partial charge in [-0.2, -0.15) is 0 Å². The third-order valence-corrected chi connectivity index (χ3v) is 4.43. The van der Waals surface area contributed by atoms with E-state index in [0.29, 0.717) is 17.2 Å². The van der Waals surface area contributed by atoms with Gasteiger partial charge < -0.3 is 14.2 Å². The lowest BCUT2D eigenvalue weighted by atomic mass is 10.1. The number of hydrogen-bond donors (Lipinski definition) is 0. The predicted molar refractivity (Wildman–Crippen MR) is 107 cm³/mol. The number of hydrogen-bond acceptors (Lipinski definition) is 5. The zero-order valence-electron chi connectivity index (χ0n) is 15.6. The molecule has 2 aromatic rings. The van der Waals surface area contributed by atoms with Crippen LogP contribution < -0.4 is 14.4 Å². The number of halogens is 2. The van der Waals surface area contributed by atoms with Gasteiger partial charge in [-0.05, 0) is 45.0 Å². The van der Waals surface area contributed by atoms with Crippen LogP contribution in [0, 0.1) is 0 Å². The molecule has 1 amide bonds. The highest BCUT2D eigenvalue weighted by atomic mass is 35.5. The molecule has 0 atom stereocenters. The summed E-state index contributed by atoms with van der Waals surface area (Å²) < 4.78 is 16.1. The fraction of sp³-hybridized carbons (Fsp3) is 0.300. The summed E-state index contributed by atoms with van der Waals surface area (Å²) in [7, 11) is 0. The second-order valence-corrected chi connectivity index (χ2v) is 7.93. The third-order valence-electron chi connectivity index (χ3n) is 3.80. The summed E-state index contributed by atoms with van der Waals surface area (Å²) in [6, 6.07) is 9.70. The summed E-state index contributed by atoms with van der Waals surface area (Å²) in [4.78, 5) is 27.0. The Balaban J connectivity index is 1.99. The van der Waals surface area contributed by atoms with Gasteiger partial charge in [0.05, 0.1) is 15.6 Å². The molecule has 6 nitrogen and oxygen atoms in total. The topological polar surface area (TPSA) is 65.1 Å². The first-order valence-corrected chi connectivity index (χ1v) is 9.29. The summed E-state index contributed by atoms with van der Waals surface area (Å²) >= 11 is 12.4. The molecule has 0 fully saturated rings. The second-order valence-electron chi connectivity index (χ2n) is 7.11. The Hall–Kier alpha value is -2.44. The van der Waals surface area contributed by atoms with E-state index in [9.17, 15) is 9.59 Å². The molecule has 0 aliphatic carbocycles. The van der Waals surface area contributed by atoms with Crippen LogP contribution in [-0.4, -0.2) is 30.8 Å². The molecule has 28 heavy (non-hydrogen) atoms. The Morgan fingerprint density at radius 2 is 1.71 bits per heavy atom. The molecule has 1 heterocycles. The van der Waals surface area contributed by atoms with Crippen LogP contribution in [0.4, 0.5) is 5.69 Å². The predicted octanol–water partition coefficient (Wildman–Crippen LogP) is 4.71. The summed E-state index contributed by atoms with van der Waals surface area (Å²) in [6.07, 6.45) is 0.